The number of piperazine rings is 1. The smallest absolute Gasteiger partial charge is 0.289 e. The molecule has 164 valence electrons. The standard InChI is InChI=1S/C24H23FN4O3/c1-15-22-19(13-17(14-20(22)30)16-4-6-18(25)7-5-16)27-24(26-15)29-10-8-28(9-11-29)23(31)21-3-2-12-32-21/h2-7,12,17H,8-11,13-14H2,1H3/t17-/m0/s1. The number of benzene rings is 1. The summed E-state index contributed by atoms with van der Waals surface area (Å²) in [7, 11) is 0. The van der Waals surface area contributed by atoms with Crippen molar-refractivity contribution in [1.29, 1.82) is 0 Å². The summed E-state index contributed by atoms with van der Waals surface area (Å²) >= 11 is 0. The number of rotatable bonds is 3. The molecule has 0 saturated carbocycles. The van der Waals surface area contributed by atoms with Gasteiger partial charge in [0.25, 0.3) is 5.91 Å². The fourth-order valence-electron chi connectivity index (χ4n) is 4.54. The minimum Gasteiger partial charge on any atom is -0.459 e. The zero-order chi connectivity index (χ0) is 22.2. The topological polar surface area (TPSA) is 79.5 Å². The highest BCUT2D eigenvalue weighted by molar-refractivity contribution is 5.99. The number of fused-ring (bicyclic) bond motifs is 1. The lowest BCUT2D eigenvalue weighted by molar-refractivity contribution is 0.0713. The molecule has 0 unspecified atom stereocenters. The fraction of sp³-hybridized carbons (Fsp3) is 0.333. The number of aromatic nitrogens is 2. The number of halogens is 1. The zero-order valence-electron chi connectivity index (χ0n) is 17.8. The van der Waals surface area contributed by atoms with E-state index in [0.29, 0.717) is 62.0 Å². The highest BCUT2D eigenvalue weighted by atomic mass is 19.1. The molecule has 1 aliphatic carbocycles. The molecule has 1 saturated heterocycles. The molecule has 1 atom stereocenters. The zero-order valence-corrected chi connectivity index (χ0v) is 17.8. The van der Waals surface area contributed by atoms with Crippen molar-refractivity contribution in [1.82, 2.24) is 14.9 Å². The van der Waals surface area contributed by atoms with E-state index in [0.717, 1.165) is 11.3 Å². The Kier molecular flexibility index (Phi) is 5.20. The monoisotopic (exact) mass is 434 g/mol. The Labute approximate surface area is 184 Å². The average Bonchev–Trinajstić information content (AvgIpc) is 3.33. The second-order valence-corrected chi connectivity index (χ2v) is 8.27. The number of hydrogen-bond donors (Lipinski definition) is 0. The molecule has 2 aromatic heterocycles. The first-order valence-corrected chi connectivity index (χ1v) is 10.7. The second kappa shape index (κ2) is 8.18. The normalized spacial score (nSPS) is 18.6. The van der Waals surface area contributed by atoms with Gasteiger partial charge in [0.05, 0.1) is 23.2 Å². The van der Waals surface area contributed by atoms with E-state index in [9.17, 15) is 14.0 Å². The number of aryl methyl sites for hydroxylation is 1. The molecular formula is C24H23FN4O3. The van der Waals surface area contributed by atoms with Crippen molar-refractivity contribution in [3.63, 3.8) is 0 Å². The van der Waals surface area contributed by atoms with Gasteiger partial charge in [0.2, 0.25) is 5.95 Å². The number of anilines is 1. The summed E-state index contributed by atoms with van der Waals surface area (Å²) in [5, 5.41) is 0. The van der Waals surface area contributed by atoms with Gasteiger partial charge in [-0.15, -0.1) is 0 Å². The molecular weight excluding hydrogens is 411 g/mol. The Morgan fingerprint density at radius 2 is 1.81 bits per heavy atom. The third kappa shape index (κ3) is 3.77. The summed E-state index contributed by atoms with van der Waals surface area (Å²) in [6.45, 7) is 4.11. The summed E-state index contributed by atoms with van der Waals surface area (Å²) in [5.41, 5.74) is 2.97. The molecule has 3 aromatic rings. The lowest BCUT2D eigenvalue weighted by Gasteiger charge is -2.35. The number of carbonyl (C=O) groups is 2. The van der Waals surface area contributed by atoms with Crippen LogP contribution in [0.25, 0.3) is 0 Å². The van der Waals surface area contributed by atoms with E-state index < -0.39 is 0 Å². The molecule has 7 nitrogen and oxygen atoms in total. The van der Waals surface area contributed by atoms with Crippen molar-refractivity contribution in [3.05, 3.63) is 76.8 Å². The minimum absolute atomic E-state index is 0.0264. The quantitative estimate of drug-likeness (QED) is 0.629. The van der Waals surface area contributed by atoms with Crippen LogP contribution in [0.2, 0.25) is 0 Å². The van der Waals surface area contributed by atoms with Crippen LogP contribution < -0.4 is 4.90 Å². The van der Waals surface area contributed by atoms with Crippen molar-refractivity contribution in [2.24, 2.45) is 0 Å². The third-order valence-corrected chi connectivity index (χ3v) is 6.23. The van der Waals surface area contributed by atoms with Crippen LogP contribution in [0.5, 0.6) is 0 Å². The molecule has 0 N–H and O–H groups in total. The molecule has 1 amide bonds. The molecule has 1 aliphatic heterocycles. The molecule has 1 fully saturated rings. The summed E-state index contributed by atoms with van der Waals surface area (Å²) < 4.78 is 18.5. The van der Waals surface area contributed by atoms with Gasteiger partial charge in [-0.25, -0.2) is 14.4 Å². The molecule has 32 heavy (non-hydrogen) atoms. The lowest BCUT2D eigenvalue weighted by Crippen LogP contribution is -2.49. The van der Waals surface area contributed by atoms with Crippen LogP contribution in [-0.2, 0) is 6.42 Å². The number of amides is 1. The Morgan fingerprint density at radius 1 is 1.06 bits per heavy atom. The van der Waals surface area contributed by atoms with E-state index in [1.807, 2.05) is 11.8 Å². The van der Waals surface area contributed by atoms with Crippen LogP contribution in [0.15, 0.2) is 47.1 Å². The highest BCUT2D eigenvalue weighted by Crippen LogP contribution is 2.34. The molecule has 3 heterocycles. The molecule has 0 spiro atoms. The predicted octanol–water partition coefficient (Wildman–Crippen LogP) is 3.39. The SMILES string of the molecule is Cc1nc(N2CCN(C(=O)c3ccco3)CC2)nc2c1C(=O)C[C@@H](c1ccc(F)cc1)C2. The number of nitrogens with zero attached hydrogens (tertiary/aromatic N) is 4. The summed E-state index contributed by atoms with van der Waals surface area (Å²) in [6, 6.07) is 9.70. The van der Waals surface area contributed by atoms with Gasteiger partial charge in [0.1, 0.15) is 5.82 Å². The molecule has 0 radical (unpaired) electrons. The van der Waals surface area contributed by atoms with Crippen LogP contribution in [0, 0.1) is 12.7 Å². The molecule has 5 rings (SSSR count). The van der Waals surface area contributed by atoms with E-state index in [-0.39, 0.29) is 23.4 Å². The maximum atomic E-state index is 13.3. The minimum atomic E-state index is -0.290. The van der Waals surface area contributed by atoms with Crippen LogP contribution >= 0.6 is 0 Å². The fourth-order valence-corrected chi connectivity index (χ4v) is 4.54. The van der Waals surface area contributed by atoms with Crippen LogP contribution in [0.3, 0.4) is 0 Å². The van der Waals surface area contributed by atoms with Gasteiger partial charge < -0.3 is 14.2 Å². The van der Waals surface area contributed by atoms with Crippen molar-refractivity contribution in [2.75, 3.05) is 31.1 Å². The van der Waals surface area contributed by atoms with Gasteiger partial charge >= 0.3 is 0 Å². The summed E-state index contributed by atoms with van der Waals surface area (Å²) in [6.07, 6.45) is 2.48. The maximum Gasteiger partial charge on any atom is 0.289 e. The van der Waals surface area contributed by atoms with Crippen molar-refractivity contribution < 1.29 is 18.4 Å². The Balaban J connectivity index is 1.34. The van der Waals surface area contributed by atoms with E-state index in [4.69, 9.17) is 9.40 Å². The average molecular weight is 434 g/mol. The number of hydrogen-bond acceptors (Lipinski definition) is 6. The third-order valence-electron chi connectivity index (χ3n) is 6.23. The Morgan fingerprint density at radius 3 is 2.50 bits per heavy atom. The van der Waals surface area contributed by atoms with Crippen LogP contribution in [0.4, 0.5) is 10.3 Å². The largest absolute Gasteiger partial charge is 0.459 e. The predicted molar refractivity (Wildman–Crippen MR) is 115 cm³/mol. The van der Waals surface area contributed by atoms with Gasteiger partial charge in [-0.1, -0.05) is 12.1 Å². The summed E-state index contributed by atoms with van der Waals surface area (Å²) in [5.74, 6) is 0.508. The van der Waals surface area contributed by atoms with Gasteiger partial charge in [-0.05, 0) is 49.1 Å². The Bertz CT molecular complexity index is 1150. The molecule has 8 heteroatoms. The highest BCUT2D eigenvalue weighted by Gasteiger charge is 2.31. The van der Waals surface area contributed by atoms with Crippen LogP contribution in [-0.4, -0.2) is 52.7 Å². The van der Waals surface area contributed by atoms with Crippen molar-refractivity contribution in [3.8, 4) is 0 Å². The van der Waals surface area contributed by atoms with E-state index >= 15 is 0 Å². The lowest BCUT2D eigenvalue weighted by atomic mass is 9.81. The van der Waals surface area contributed by atoms with E-state index in [1.165, 1.54) is 18.4 Å². The number of carbonyl (C=O) groups excluding carboxylic acids is 2. The number of Topliss-reactive ketones (excluding diaryl/α,β-unsaturated/α-hetero) is 1. The molecule has 1 aromatic carbocycles. The molecule has 2 aliphatic rings. The second-order valence-electron chi connectivity index (χ2n) is 8.27. The van der Waals surface area contributed by atoms with Gasteiger partial charge in [0.15, 0.2) is 11.5 Å². The summed E-state index contributed by atoms with van der Waals surface area (Å²) in [4.78, 5) is 38.5. The Hall–Kier alpha value is -3.55. The first-order chi connectivity index (χ1) is 15.5. The number of furan rings is 1. The first kappa shape index (κ1) is 20.4. The number of ketones is 1. The van der Waals surface area contributed by atoms with Crippen LogP contribution in [0.1, 0.15) is 50.2 Å². The van der Waals surface area contributed by atoms with E-state index in [2.05, 4.69) is 4.98 Å². The van der Waals surface area contributed by atoms with Gasteiger partial charge in [-0.2, -0.15) is 0 Å². The van der Waals surface area contributed by atoms with Crippen molar-refractivity contribution >= 4 is 17.6 Å². The van der Waals surface area contributed by atoms with Gasteiger partial charge in [0, 0.05) is 32.6 Å². The van der Waals surface area contributed by atoms with Gasteiger partial charge in [-0.3, -0.25) is 9.59 Å². The van der Waals surface area contributed by atoms with E-state index in [1.54, 1.807) is 29.2 Å². The first-order valence-electron chi connectivity index (χ1n) is 10.7. The molecule has 0 bridgehead atoms. The van der Waals surface area contributed by atoms with Crippen molar-refractivity contribution in [2.45, 2.75) is 25.7 Å². The maximum absolute atomic E-state index is 13.3.